The van der Waals surface area contributed by atoms with Crippen molar-refractivity contribution in [3.05, 3.63) is 65.6 Å². The molecule has 268 valence electrons. The van der Waals surface area contributed by atoms with Crippen molar-refractivity contribution in [1.29, 1.82) is 0 Å². The highest BCUT2D eigenvalue weighted by molar-refractivity contribution is 6.03. The van der Waals surface area contributed by atoms with Gasteiger partial charge in [0, 0.05) is 98.0 Å². The van der Waals surface area contributed by atoms with Crippen LogP contribution < -0.4 is 20.9 Å². The molecule has 2 fully saturated rings. The van der Waals surface area contributed by atoms with Gasteiger partial charge < -0.3 is 30.7 Å². The van der Waals surface area contributed by atoms with Crippen LogP contribution in [0.15, 0.2) is 65.6 Å². The van der Waals surface area contributed by atoms with Crippen LogP contribution in [0.25, 0.3) is 21.9 Å². The number of benzene rings is 1. The third-order valence-electron chi connectivity index (χ3n) is 9.38. The number of allylic oxidation sites excluding steroid dienone is 3. The summed E-state index contributed by atoms with van der Waals surface area (Å²) >= 11 is 0. The van der Waals surface area contributed by atoms with Gasteiger partial charge in [0.25, 0.3) is 0 Å². The van der Waals surface area contributed by atoms with Crippen LogP contribution in [-0.4, -0.2) is 99.6 Å². The standard InChI is InChI=1S/C30H39N7O.C8H17N.C2H6/c1-6-32-28-17-24(23-7-8-29(34-18-23)37-13-11-36(5)12-14-37)16-27-26(28)9-10-33-30(27)35-19-25(20-38)21(2)15-22(3)31-4;1-9(2)8-6-4-3-5-7-8;1-2/h7-10,15-18,20,31-32H,6,11-14,19H2,1-5H3,(H,33,35);8H,3-7H2,1-2H3;1-2H3/b22-15-,25-21-;;. The van der Waals surface area contributed by atoms with E-state index in [-0.39, 0.29) is 0 Å². The van der Waals surface area contributed by atoms with Crippen molar-refractivity contribution < 1.29 is 4.79 Å². The van der Waals surface area contributed by atoms with Gasteiger partial charge in [-0.1, -0.05) is 33.1 Å². The van der Waals surface area contributed by atoms with Crippen LogP contribution in [0.5, 0.6) is 0 Å². The molecule has 49 heavy (non-hydrogen) atoms. The van der Waals surface area contributed by atoms with Gasteiger partial charge in [-0.2, -0.15) is 0 Å². The number of rotatable bonds is 11. The number of nitrogens with zero attached hydrogens (tertiary/aromatic N) is 5. The first-order valence-electron chi connectivity index (χ1n) is 18.2. The lowest BCUT2D eigenvalue weighted by Gasteiger charge is -2.33. The molecule has 5 rings (SSSR count). The van der Waals surface area contributed by atoms with Gasteiger partial charge in [-0.3, -0.25) is 4.79 Å². The predicted molar refractivity (Wildman–Crippen MR) is 211 cm³/mol. The SMILES string of the molecule is CC.CCNc1cc(-c2ccc(N3CCN(C)CC3)nc2)cc2c(NC/C(C=O)=C(C)/C=C(/C)NC)nccc12.CN(C)C1CCCCC1. The Labute approximate surface area is 296 Å². The molecule has 0 amide bonds. The van der Waals surface area contributed by atoms with Gasteiger partial charge in [0.05, 0.1) is 0 Å². The summed E-state index contributed by atoms with van der Waals surface area (Å²) in [5, 5.41) is 12.1. The van der Waals surface area contributed by atoms with Crippen molar-refractivity contribution in [3.63, 3.8) is 0 Å². The highest BCUT2D eigenvalue weighted by Gasteiger charge is 2.17. The number of piperazine rings is 1. The Morgan fingerprint density at radius 1 is 0.939 bits per heavy atom. The Kier molecular flexibility index (Phi) is 16.5. The second-order valence-electron chi connectivity index (χ2n) is 13.0. The van der Waals surface area contributed by atoms with Gasteiger partial charge in [0.2, 0.25) is 0 Å². The van der Waals surface area contributed by atoms with Gasteiger partial charge in [-0.05, 0) is 102 Å². The fraction of sp³-hybridized carbons (Fsp3) is 0.525. The number of fused-ring (bicyclic) bond motifs is 1. The molecular formula is C40H62N8O. The summed E-state index contributed by atoms with van der Waals surface area (Å²) in [4.78, 5) is 28.3. The van der Waals surface area contributed by atoms with Gasteiger partial charge in [-0.25, -0.2) is 9.97 Å². The zero-order valence-electron chi connectivity index (χ0n) is 31.7. The fourth-order valence-corrected chi connectivity index (χ4v) is 6.25. The summed E-state index contributed by atoms with van der Waals surface area (Å²) < 4.78 is 0. The highest BCUT2D eigenvalue weighted by atomic mass is 16.1. The molecule has 0 unspecified atom stereocenters. The first-order chi connectivity index (χ1) is 23.7. The molecule has 1 saturated heterocycles. The van der Waals surface area contributed by atoms with E-state index in [4.69, 9.17) is 4.98 Å². The second-order valence-corrected chi connectivity index (χ2v) is 13.0. The van der Waals surface area contributed by atoms with Crippen molar-refractivity contribution in [2.24, 2.45) is 0 Å². The molecule has 1 aliphatic heterocycles. The van der Waals surface area contributed by atoms with Crippen molar-refractivity contribution >= 4 is 34.4 Å². The van der Waals surface area contributed by atoms with E-state index in [1.165, 1.54) is 32.1 Å². The van der Waals surface area contributed by atoms with E-state index in [0.717, 1.165) is 95.5 Å². The van der Waals surface area contributed by atoms with Crippen LogP contribution in [0.3, 0.4) is 0 Å². The largest absolute Gasteiger partial charge is 0.392 e. The zero-order chi connectivity index (χ0) is 35.8. The average molecular weight is 671 g/mol. The van der Waals surface area contributed by atoms with E-state index in [1.807, 2.05) is 53.1 Å². The molecule has 2 aromatic heterocycles. The van der Waals surface area contributed by atoms with Gasteiger partial charge in [0.15, 0.2) is 0 Å². The van der Waals surface area contributed by atoms with Crippen LogP contribution in [0.2, 0.25) is 0 Å². The normalized spacial score (nSPS) is 16.2. The van der Waals surface area contributed by atoms with Crippen LogP contribution in [0.4, 0.5) is 17.3 Å². The minimum atomic E-state index is 0.386. The Hall–Kier alpha value is -3.95. The monoisotopic (exact) mass is 671 g/mol. The number of pyridine rings is 2. The number of anilines is 3. The van der Waals surface area contributed by atoms with Crippen LogP contribution in [-0.2, 0) is 4.79 Å². The van der Waals surface area contributed by atoms with Gasteiger partial charge in [0.1, 0.15) is 17.9 Å². The molecule has 1 aromatic carbocycles. The first kappa shape index (κ1) is 39.5. The van der Waals surface area contributed by atoms with Crippen molar-refractivity contribution in [2.75, 3.05) is 83.0 Å². The molecule has 3 heterocycles. The summed E-state index contributed by atoms with van der Waals surface area (Å²) in [5.74, 6) is 1.76. The minimum Gasteiger partial charge on any atom is -0.392 e. The number of hydrogen-bond donors (Lipinski definition) is 3. The number of aldehydes is 1. The summed E-state index contributed by atoms with van der Waals surface area (Å²) in [7, 11) is 8.41. The number of carbonyl (C=O) groups is 1. The molecule has 9 nitrogen and oxygen atoms in total. The lowest BCUT2D eigenvalue weighted by atomic mass is 9.95. The third-order valence-corrected chi connectivity index (χ3v) is 9.38. The second kappa shape index (κ2) is 20.5. The quantitative estimate of drug-likeness (QED) is 0.109. The molecule has 1 aliphatic carbocycles. The van der Waals surface area contributed by atoms with E-state index in [1.54, 1.807) is 6.20 Å². The van der Waals surface area contributed by atoms with E-state index < -0.39 is 0 Å². The van der Waals surface area contributed by atoms with Crippen LogP contribution >= 0.6 is 0 Å². The van der Waals surface area contributed by atoms with Gasteiger partial charge >= 0.3 is 0 Å². The number of carbonyl (C=O) groups excluding carboxylic acids is 1. The lowest BCUT2D eigenvalue weighted by Crippen LogP contribution is -2.44. The first-order valence-corrected chi connectivity index (χ1v) is 18.2. The molecule has 0 atom stereocenters. The average Bonchev–Trinajstić information content (AvgIpc) is 3.14. The van der Waals surface area contributed by atoms with E-state index >= 15 is 0 Å². The Morgan fingerprint density at radius 2 is 1.65 bits per heavy atom. The molecular weight excluding hydrogens is 608 g/mol. The Balaban J connectivity index is 0.000000507. The molecule has 9 heteroatoms. The maximum absolute atomic E-state index is 11.8. The van der Waals surface area contributed by atoms with Crippen LogP contribution in [0, 0.1) is 0 Å². The molecule has 0 bridgehead atoms. The zero-order valence-corrected chi connectivity index (χ0v) is 31.7. The van der Waals surface area contributed by atoms with E-state index in [0.29, 0.717) is 12.1 Å². The van der Waals surface area contributed by atoms with Crippen molar-refractivity contribution in [1.82, 2.24) is 25.1 Å². The summed E-state index contributed by atoms with van der Waals surface area (Å²) in [6.07, 6.45) is 13.9. The van der Waals surface area contributed by atoms with E-state index in [9.17, 15) is 4.79 Å². The topological polar surface area (TPSA) is 88.7 Å². The molecule has 1 saturated carbocycles. The third kappa shape index (κ3) is 11.6. The number of hydrogen-bond acceptors (Lipinski definition) is 9. The predicted octanol–water partition coefficient (Wildman–Crippen LogP) is 7.44. The van der Waals surface area contributed by atoms with Gasteiger partial charge in [-0.15, -0.1) is 0 Å². The maximum Gasteiger partial charge on any atom is 0.148 e. The number of nitrogens with one attached hydrogen (secondary N) is 3. The van der Waals surface area contributed by atoms with Crippen molar-refractivity contribution in [2.45, 2.75) is 72.8 Å². The summed E-state index contributed by atoms with van der Waals surface area (Å²) in [5.41, 5.74) is 5.76. The molecule has 3 N–H and O–H groups in total. The fourth-order valence-electron chi connectivity index (χ4n) is 6.25. The summed E-state index contributed by atoms with van der Waals surface area (Å²) in [6, 6.07) is 11.5. The minimum absolute atomic E-state index is 0.386. The molecule has 2 aliphatic rings. The maximum atomic E-state index is 11.8. The molecule has 0 radical (unpaired) electrons. The Morgan fingerprint density at radius 3 is 2.22 bits per heavy atom. The lowest BCUT2D eigenvalue weighted by molar-refractivity contribution is -0.104. The number of likely N-dealkylation sites (N-methyl/N-ethyl adjacent to an activating group) is 1. The highest BCUT2D eigenvalue weighted by Crippen LogP contribution is 2.34. The van der Waals surface area contributed by atoms with E-state index in [2.05, 4.69) is 88.0 Å². The smallest absolute Gasteiger partial charge is 0.148 e. The van der Waals surface area contributed by atoms with Crippen LogP contribution in [0.1, 0.15) is 66.7 Å². The summed E-state index contributed by atoms with van der Waals surface area (Å²) in [6.45, 7) is 15.3. The number of aromatic nitrogens is 2. The Bertz CT molecular complexity index is 1500. The van der Waals surface area contributed by atoms with Crippen molar-refractivity contribution in [3.8, 4) is 11.1 Å². The molecule has 3 aromatic rings. The molecule has 0 spiro atoms.